The minimum Gasteiger partial charge on any atom is -0.465 e. The minimum absolute atomic E-state index is 0.140. The van der Waals surface area contributed by atoms with Crippen LogP contribution in [-0.2, 0) is 27.1 Å². The number of benzene rings is 1. The Balaban J connectivity index is 1.98. The molecule has 0 saturated heterocycles. The van der Waals surface area contributed by atoms with Gasteiger partial charge in [-0.2, -0.15) is 0 Å². The zero-order valence-corrected chi connectivity index (χ0v) is 12.3. The van der Waals surface area contributed by atoms with Crippen molar-refractivity contribution in [1.29, 1.82) is 0 Å². The fraction of sp³-hybridized carbons (Fsp3) is 0.214. The normalized spacial score (nSPS) is 11.3. The molecule has 21 heavy (non-hydrogen) atoms. The summed E-state index contributed by atoms with van der Waals surface area (Å²) in [7, 11) is -2.13. The van der Waals surface area contributed by atoms with Crippen LogP contribution in [0.4, 0.5) is 0 Å². The van der Waals surface area contributed by atoms with Crippen LogP contribution in [0.1, 0.15) is 21.5 Å². The number of H-pyrrole nitrogens is 1. The van der Waals surface area contributed by atoms with Crippen LogP contribution in [-0.4, -0.2) is 26.5 Å². The first-order valence-electron chi connectivity index (χ1n) is 6.26. The number of methoxy groups -OCH3 is 1. The first-order chi connectivity index (χ1) is 10.00. The molecule has 0 unspecified atom stereocenters. The number of esters is 1. The molecule has 0 radical (unpaired) electrons. The first kappa shape index (κ1) is 15.3. The molecule has 1 aromatic carbocycles. The third-order valence-corrected chi connectivity index (χ3v) is 4.19. The lowest BCUT2D eigenvalue weighted by Gasteiger charge is -2.06. The molecule has 0 aliphatic carbocycles. The van der Waals surface area contributed by atoms with Gasteiger partial charge in [-0.15, -0.1) is 0 Å². The lowest BCUT2D eigenvalue weighted by Crippen LogP contribution is -2.24. The fourth-order valence-corrected chi connectivity index (χ4v) is 2.91. The van der Waals surface area contributed by atoms with Gasteiger partial charge in [0, 0.05) is 18.9 Å². The summed E-state index contributed by atoms with van der Waals surface area (Å²) in [5, 5.41) is 0. The molecule has 0 aliphatic heterocycles. The molecule has 0 fully saturated rings. The number of aromatic nitrogens is 1. The van der Waals surface area contributed by atoms with Crippen molar-refractivity contribution >= 4 is 16.0 Å². The number of aromatic amines is 1. The Morgan fingerprint density at radius 2 is 1.90 bits per heavy atom. The molecular formula is C14H16N2O4S. The Bertz CT molecular complexity index is 691. The average Bonchev–Trinajstić information content (AvgIpc) is 2.98. The second-order valence-electron chi connectivity index (χ2n) is 4.49. The van der Waals surface area contributed by atoms with Crippen molar-refractivity contribution in [2.45, 2.75) is 12.3 Å². The number of hydrogen-bond donors (Lipinski definition) is 2. The van der Waals surface area contributed by atoms with Gasteiger partial charge in [-0.25, -0.2) is 17.9 Å². The van der Waals surface area contributed by atoms with Crippen molar-refractivity contribution in [3.63, 3.8) is 0 Å². The summed E-state index contributed by atoms with van der Waals surface area (Å²) in [6.45, 7) is 0.242. The molecule has 2 aromatic rings. The van der Waals surface area contributed by atoms with Crippen LogP contribution in [0.5, 0.6) is 0 Å². The smallest absolute Gasteiger partial charge is 0.337 e. The molecule has 6 nitrogen and oxygen atoms in total. The Kier molecular flexibility index (Phi) is 4.77. The van der Waals surface area contributed by atoms with Gasteiger partial charge in [-0.1, -0.05) is 12.1 Å². The molecule has 1 heterocycles. The summed E-state index contributed by atoms with van der Waals surface area (Å²) in [5.41, 5.74) is 1.85. The van der Waals surface area contributed by atoms with E-state index in [0.29, 0.717) is 11.1 Å². The van der Waals surface area contributed by atoms with E-state index in [1.54, 1.807) is 42.7 Å². The summed E-state index contributed by atoms with van der Waals surface area (Å²) in [6.07, 6.45) is 3.46. The minimum atomic E-state index is -3.43. The Labute approximate surface area is 123 Å². The first-order valence-corrected chi connectivity index (χ1v) is 7.91. The molecule has 7 heteroatoms. The maximum absolute atomic E-state index is 12.0. The summed E-state index contributed by atoms with van der Waals surface area (Å²) in [5.74, 6) is -0.589. The van der Waals surface area contributed by atoms with Crippen LogP contribution in [0.2, 0.25) is 0 Å². The summed E-state index contributed by atoms with van der Waals surface area (Å²) in [6, 6.07) is 8.09. The number of carbonyl (C=O) groups is 1. The highest BCUT2D eigenvalue weighted by Gasteiger charge is 2.12. The van der Waals surface area contributed by atoms with Crippen molar-refractivity contribution in [3.05, 3.63) is 59.4 Å². The van der Waals surface area contributed by atoms with Crippen molar-refractivity contribution < 1.29 is 17.9 Å². The molecule has 1 aromatic heterocycles. The van der Waals surface area contributed by atoms with E-state index in [1.807, 2.05) is 0 Å². The Hall–Kier alpha value is -2.12. The second-order valence-corrected chi connectivity index (χ2v) is 6.29. The van der Waals surface area contributed by atoms with E-state index in [4.69, 9.17) is 0 Å². The summed E-state index contributed by atoms with van der Waals surface area (Å²) >= 11 is 0. The Morgan fingerprint density at radius 1 is 1.19 bits per heavy atom. The molecule has 0 atom stereocenters. The molecule has 2 N–H and O–H groups in total. The number of nitrogens with one attached hydrogen (secondary N) is 2. The van der Waals surface area contributed by atoms with Crippen molar-refractivity contribution in [1.82, 2.24) is 9.71 Å². The summed E-state index contributed by atoms with van der Waals surface area (Å²) < 4.78 is 31.0. The van der Waals surface area contributed by atoms with Gasteiger partial charge in [0.1, 0.15) is 0 Å². The summed E-state index contributed by atoms with van der Waals surface area (Å²) in [4.78, 5) is 14.1. The third kappa shape index (κ3) is 4.44. The van der Waals surface area contributed by atoms with Gasteiger partial charge in [0.25, 0.3) is 0 Å². The number of ether oxygens (including phenoxy) is 1. The zero-order chi connectivity index (χ0) is 15.3. The predicted octanol–water partition coefficient (Wildman–Crippen LogP) is 1.42. The number of sulfonamides is 1. The maximum atomic E-state index is 12.0. The van der Waals surface area contributed by atoms with Crippen LogP contribution in [0.15, 0.2) is 42.7 Å². The lowest BCUT2D eigenvalue weighted by atomic mass is 10.1. The molecule has 0 bridgehead atoms. The second kappa shape index (κ2) is 6.55. The van der Waals surface area contributed by atoms with Crippen LogP contribution in [0.25, 0.3) is 0 Å². The van der Waals surface area contributed by atoms with Crippen LogP contribution < -0.4 is 4.72 Å². The topological polar surface area (TPSA) is 88.3 Å². The molecular weight excluding hydrogens is 292 g/mol. The van der Waals surface area contributed by atoms with E-state index < -0.39 is 16.0 Å². The van der Waals surface area contributed by atoms with Crippen molar-refractivity contribution in [2.75, 3.05) is 7.11 Å². The van der Waals surface area contributed by atoms with Crippen molar-refractivity contribution in [2.24, 2.45) is 0 Å². The van der Waals surface area contributed by atoms with Crippen molar-refractivity contribution in [3.8, 4) is 0 Å². The van der Waals surface area contributed by atoms with Crippen LogP contribution >= 0.6 is 0 Å². The third-order valence-electron chi connectivity index (χ3n) is 2.89. The van der Waals surface area contributed by atoms with Gasteiger partial charge in [0.2, 0.25) is 10.0 Å². The number of hydrogen-bond acceptors (Lipinski definition) is 4. The molecule has 0 amide bonds. The van der Waals surface area contributed by atoms with E-state index in [0.717, 1.165) is 5.56 Å². The zero-order valence-electron chi connectivity index (χ0n) is 11.5. The van der Waals surface area contributed by atoms with Gasteiger partial charge < -0.3 is 9.72 Å². The lowest BCUT2D eigenvalue weighted by molar-refractivity contribution is 0.0600. The van der Waals surface area contributed by atoms with Gasteiger partial charge in [0.15, 0.2) is 0 Å². The number of carbonyl (C=O) groups excluding carboxylic acids is 1. The highest BCUT2D eigenvalue weighted by molar-refractivity contribution is 7.88. The molecule has 2 rings (SSSR count). The van der Waals surface area contributed by atoms with Gasteiger partial charge in [0.05, 0.1) is 18.4 Å². The monoisotopic (exact) mass is 308 g/mol. The molecule has 0 aliphatic rings. The van der Waals surface area contributed by atoms with Gasteiger partial charge in [-0.3, -0.25) is 0 Å². The maximum Gasteiger partial charge on any atom is 0.337 e. The quantitative estimate of drug-likeness (QED) is 0.790. The fourth-order valence-electron chi connectivity index (χ4n) is 1.79. The van der Waals surface area contributed by atoms with E-state index >= 15 is 0 Å². The predicted molar refractivity (Wildman–Crippen MR) is 78.0 cm³/mol. The average molecular weight is 308 g/mol. The number of rotatable bonds is 6. The van der Waals surface area contributed by atoms with Crippen LogP contribution in [0, 0.1) is 0 Å². The van der Waals surface area contributed by atoms with Gasteiger partial charge in [-0.05, 0) is 29.3 Å². The van der Waals surface area contributed by atoms with Gasteiger partial charge >= 0.3 is 5.97 Å². The highest BCUT2D eigenvalue weighted by atomic mass is 32.2. The van der Waals surface area contributed by atoms with E-state index in [9.17, 15) is 13.2 Å². The van der Waals surface area contributed by atoms with E-state index in [2.05, 4.69) is 14.4 Å². The molecule has 0 spiro atoms. The van der Waals surface area contributed by atoms with E-state index in [-0.39, 0.29) is 12.3 Å². The van der Waals surface area contributed by atoms with E-state index in [1.165, 1.54) is 7.11 Å². The van der Waals surface area contributed by atoms with Crippen LogP contribution in [0.3, 0.4) is 0 Å². The SMILES string of the molecule is COC(=O)c1ccc(CS(=O)(=O)NCc2cc[nH]c2)cc1. The standard InChI is InChI=1S/C14H16N2O4S/c1-20-14(17)13-4-2-11(3-5-13)10-21(18,19)16-9-12-6-7-15-8-12/h2-8,15-16H,9-10H2,1H3. The highest BCUT2D eigenvalue weighted by Crippen LogP contribution is 2.09. The molecule has 0 saturated carbocycles. The Morgan fingerprint density at radius 3 is 2.48 bits per heavy atom. The molecule has 112 valence electrons. The largest absolute Gasteiger partial charge is 0.465 e.